The molecule has 0 fully saturated rings. The van der Waals surface area contributed by atoms with E-state index < -0.39 is 0 Å². The SMILES string of the molecule is COc1ccccc1Cn1ccc2cccc([N+](=O)[O-])c21. The van der Waals surface area contributed by atoms with Gasteiger partial charge in [-0.1, -0.05) is 30.3 Å². The van der Waals surface area contributed by atoms with Crippen LogP contribution in [0.15, 0.2) is 54.7 Å². The van der Waals surface area contributed by atoms with Crippen molar-refractivity contribution < 1.29 is 9.66 Å². The highest BCUT2D eigenvalue weighted by molar-refractivity contribution is 5.88. The van der Waals surface area contributed by atoms with E-state index in [4.69, 9.17) is 4.74 Å². The van der Waals surface area contributed by atoms with Crippen LogP contribution >= 0.6 is 0 Å². The minimum absolute atomic E-state index is 0.118. The fraction of sp³-hybridized carbons (Fsp3) is 0.125. The normalized spacial score (nSPS) is 10.7. The van der Waals surface area contributed by atoms with Crippen LogP contribution in [0.25, 0.3) is 10.9 Å². The van der Waals surface area contributed by atoms with Crippen LogP contribution in [0.5, 0.6) is 5.75 Å². The Morgan fingerprint density at radius 3 is 2.71 bits per heavy atom. The van der Waals surface area contributed by atoms with Gasteiger partial charge in [0.25, 0.3) is 5.69 Å². The van der Waals surface area contributed by atoms with Crippen LogP contribution in [-0.4, -0.2) is 16.6 Å². The number of fused-ring (bicyclic) bond motifs is 1. The molecule has 0 amide bonds. The first-order valence-corrected chi connectivity index (χ1v) is 6.55. The predicted molar refractivity (Wildman–Crippen MR) is 80.7 cm³/mol. The van der Waals surface area contributed by atoms with Gasteiger partial charge in [0.15, 0.2) is 0 Å². The molecule has 0 aliphatic carbocycles. The minimum atomic E-state index is -0.346. The van der Waals surface area contributed by atoms with Crippen LogP contribution < -0.4 is 4.74 Å². The summed E-state index contributed by atoms with van der Waals surface area (Å²) in [5.74, 6) is 0.776. The van der Waals surface area contributed by atoms with Gasteiger partial charge in [-0.3, -0.25) is 10.1 Å². The zero-order valence-electron chi connectivity index (χ0n) is 11.5. The van der Waals surface area contributed by atoms with Crippen molar-refractivity contribution in [3.05, 3.63) is 70.4 Å². The quantitative estimate of drug-likeness (QED) is 0.542. The number of non-ortho nitro benzene ring substituents is 1. The van der Waals surface area contributed by atoms with Gasteiger partial charge >= 0.3 is 0 Å². The number of rotatable bonds is 4. The number of benzene rings is 2. The molecule has 0 radical (unpaired) electrons. The molecule has 5 heteroatoms. The topological polar surface area (TPSA) is 57.3 Å². The summed E-state index contributed by atoms with van der Waals surface area (Å²) < 4.78 is 7.22. The van der Waals surface area contributed by atoms with Gasteiger partial charge in [0.05, 0.1) is 18.6 Å². The van der Waals surface area contributed by atoms with Gasteiger partial charge in [-0.2, -0.15) is 0 Å². The fourth-order valence-corrected chi connectivity index (χ4v) is 2.54. The molecule has 0 bridgehead atoms. The van der Waals surface area contributed by atoms with E-state index in [1.807, 2.05) is 47.2 Å². The number of nitrogens with zero attached hydrogens (tertiary/aromatic N) is 2. The first-order valence-electron chi connectivity index (χ1n) is 6.55. The minimum Gasteiger partial charge on any atom is -0.496 e. The molecule has 0 saturated carbocycles. The first kappa shape index (κ1) is 13.2. The first-order chi connectivity index (χ1) is 10.2. The average Bonchev–Trinajstić information content (AvgIpc) is 2.91. The summed E-state index contributed by atoms with van der Waals surface area (Å²) in [7, 11) is 1.62. The second-order valence-electron chi connectivity index (χ2n) is 4.73. The molecule has 0 aliphatic heterocycles. The predicted octanol–water partition coefficient (Wildman–Crippen LogP) is 3.61. The van der Waals surface area contributed by atoms with Crippen LogP contribution in [0.3, 0.4) is 0 Å². The van der Waals surface area contributed by atoms with Gasteiger partial charge in [-0.05, 0) is 12.1 Å². The van der Waals surface area contributed by atoms with E-state index in [9.17, 15) is 10.1 Å². The second-order valence-corrected chi connectivity index (χ2v) is 4.73. The Hall–Kier alpha value is -2.82. The molecule has 1 heterocycles. The van der Waals surface area contributed by atoms with E-state index >= 15 is 0 Å². The molecule has 0 spiro atoms. The molecule has 0 atom stereocenters. The fourth-order valence-electron chi connectivity index (χ4n) is 2.54. The van der Waals surface area contributed by atoms with Crippen molar-refractivity contribution in [2.24, 2.45) is 0 Å². The third-order valence-corrected chi connectivity index (χ3v) is 3.50. The molecule has 0 aliphatic rings. The van der Waals surface area contributed by atoms with E-state index in [-0.39, 0.29) is 10.6 Å². The van der Waals surface area contributed by atoms with Crippen molar-refractivity contribution in [1.29, 1.82) is 0 Å². The van der Waals surface area contributed by atoms with E-state index in [2.05, 4.69) is 0 Å². The van der Waals surface area contributed by atoms with Crippen molar-refractivity contribution in [2.75, 3.05) is 7.11 Å². The lowest BCUT2D eigenvalue weighted by molar-refractivity contribution is -0.383. The van der Waals surface area contributed by atoms with E-state index in [1.54, 1.807) is 13.2 Å². The Balaban J connectivity index is 2.11. The van der Waals surface area contributed by atoms with Crippen molar-refractivity contribution in [3.8, 4) is 5.75 Å². The van der Waals surface area contributed by atoms with Crippen LogP contribution in [0.4, 0.5) is 5.69 Å². The summed E-state index contributed by atoms with van der Waals surface area (Å²) in [6, 6.07) is 14.7. The van der Waals surface area contributed by atoms with Crippen molar-refractivity contribution in [3.63, 3.8) is 0 Å². The van der Waals surface area contributed by atoms with Crippen LogP contribution in [-0.2, 0) is 6.54 Å². The lowest BCUT2D eigenvalue weighted by Gasteiger charge is -2.10. The summed E-state index contributed by atoms with van der Waals surface area (Å²) in [4.78, 5) is 10.9. The zero-order valence-corrected chi connectivity index (χ0v) is 11.5. The number of nitro benzene ring substituents is 1. The maximum Gasteiger partial charge on any atom is 0.293 e. The Labute approximate surface area is 121 Å². The monoisotopic (exact) mass is 282 g/mol. The molecule has 3 aromatic rings. The lowest BCUT2D eigenvalue weighted by atomic mass is 10.2. The Kier molecular flexibility index (Phi) is 3.31. The molecular weight excluding hydrogens is 268 g/mol. The number of nitro groups is 1. The number of ether oxygens (including phenoxy) is 1. The van der Waals surface area contributed by atoms with Crippen LogP contribution in [0.1, 0.15) is 5.56 Å². The highest BCUT2D eigenvalue weighted by atomic mass is 16.6. The maximum atomic E-state index is 11.2. The molecule has 2 aromatic carbocycles. The molecule has 21 heavy (non-hydrogen) atoms. The maximum absolute atomic E-state index is 11.2. The standard InChI is InChI=1S/C16H14N2O3/c1-21-15-8-3-2-5-13(15)11-17-10-9-12-6-4-7-14(16(12)17)18(19)20/h2-10H,11H2,1H3. The van der Waals surface area contributed by atoms with Crippen molar-refractivity contribution >= 4 is 16.6 Å². The van der Waals surface area contributed by atoms with E-state index in [0.717, 1.165) is 16.7 Å². The van der Waals surface area contributed by atoms with Gasteiger partial charge < -0.3 is 9.30 Å². The molecule has 1 aromatic heterocycles. The molecule has 106 valence electrons. The van der Waals surface area contributed by atoms with Crippen LogP contribution in [0, 0.1) is 10.1 Å². The Morgan fingerprint density at radius 1 is 1.14 bits per heavy atom. The molecule has 5 nitrogen and oxygen atoms in total. The van der Waals surface area contributed by atoms with Gasteiger partial charge in [-0.15, -0.1) is 0 Å². The third-order valence-electron chi connectivity index (χ3n) is 3.50. The third kappa shape index (κ3) is 2.33. The van der Waals surface area contributed by atoms with Gasteiger partial charge in [0, 0.05) is 23.2 Å². The number of aromatic nitrogens is 1. The van der Waals surface area contributed by atoms with Crippen LogP contribution in [0.2, 0.25) is 0 Å². The largest absolute Gasteiger partial charge is 0.496 e. The number of para-hydroxylation sites is 2. The molecule has 0 saturated heterocycles. The highest BCUT2D eigenvalue weighted by Crippen LogP contribution is 2.28. The molecule has 3 rings (SSSR count). The smallest absolute Gasteiger partial charge is 0.293 e. The van der Waals surface area contributed by atoms with Crippen molar-refractivity contribution in [1.82, 2.24) is 4.57 Å². The summed E-state index contributed by atoms with van der Waals surface area (Å²) >= 11 is 0. The van der Waals surface area contributed by atoms with Gasteiger partial charge in [0.1, 0.15) is 11.3 Å². The average molecular weight is 282 g/mol. The number of hydrogen-bond acceptors (Lipinski definition) is 3. The Bertz CT molecular complexity index is 808. The lowest BCUT2D eigenvalue weighted by Crippen LogP contribution is -2.02. The molecule has 0 unspecified atom stereocenters. The Morgan fingerprint density at radius 2 is 1.95 bits per heavy atom. The van der Waals surface area contributed by atoms with Gasteiger partial charge in [0.2, 0.25) is 0 Å². The zero-order chi connectivity index (χ0) is 14.8. The van der Waals surface area contributed by atoms with Gasteiger partial charge in [-0.25, -0.2) is 0 Å². The van der Waals surface area contributed by atoms with E-state index in [1.165, 1.54) is 6.07 Å². The molecular formula is C16H14N2O3. The van der Waals surface area contributed by atoms with E-state index in [0.29, 0.717) is 12.1 Å². The number of methoxy groups -OCH3 is 1. The summed E-state index contributed by atoms with van der Waals surface area (Å²) in [6.45, 7) is 0.526. The second kappa shape index (κ2) is 5.28. The highest BCUT2D eigenvalue weighted by Gasteiger charge is 2.16. The summed E-state index contributed by atoms with van der Waals surface area (Å²) in [5.41, 5.74) is 1.73. The summed E-state index contributed by atoms with van der Waals surface area (Å²) in [5, 5.41) is 12.1. The van der Waals surface area contributed by atoms with Crippen molar-refractivity contribution in [2.45, 2.75) is 6.54 Å². The molecule has 0 N–H and O–H groups in total. The summed E-state index contributed by atoms with van der Waals surface area (Å²) in [6.07, 6.45) is 1.87. The number of hydrogen-bond donors (Lipinski definition) is 0.